The molecule has 0 aliphatic carbocycles. The molecule has 0 aromatic rings. The van der Waals surface area contributed by atoms with Gasteiger partial charge in [-0.05, 0) is 0 Å². The quantitative estimate of drug-likeness (QED) is 0.361. The lowest BCUT2D eigenvalue weighted by atomic mass is 10.4. The van der Waals surface area contributed by atoms with Crippen LogP contribution in [0.1, 0.15) is 0 Å². The van der Waals surface area contributed by atoms with Gasteiger partial charge in [0.2, 0.25) is 5.91 Å². The number of quaternary nitrogens is 1. The highest BCUT2D eigenvalue weighted by Crippen LogP contribution is 1.91. The summed E-state index contributed by atoms with van der Waals surface area (Å²) >= 11 is 0. The smallest absolute Gasteiger partial charge is 0.390 e. The van der Waals surface area contributed by atoms with Crippen LogP contribution in [-0.2, 0) is 24.0 Å². The van der Waals surface area contributed by atoms with Crippen LogP contribution in [0.4, 0.5) is 0 Å². The number of carboxylic acid groups (broad SMARTS) is 2. The maximum absolute atomic E-state index is 11.3. The molecule has 0 radical (unpaired) electrons. The second kappa shape index (κ2) is 6.95. The Balaban J connectivity index is 4.62. The van der Waals surface area contributed by atoms with E-state index in [1.807, 2.05) is 0 Å². The minimum absolute atomic E-state index is 0.414. The second-order valence-corrected chi connectivity index (χ2v) is 2.74. The Morgan fingerprint density at radius 2 is 1.53 bits per heavy atom. The highest BCUT2D eigenvalue weighted by molar-refractivity contribution is 5.96. The molecule has 94 valence electrons. The fourth-order valence-electron chi connectivity index (χ4n) is 0.816. The number of carboxylic acids is 2. The maximum Gasteiger partial charge on any atom is 0.390 e. The van der Waals surface area contributed by atoms with E-state index in [9.17, 15) is 29.4 Å². The molecule has 9 heteroatoms. The van der Waals surface area contributed by atoms with Crippen LogP contribution >= 0.6 is 0 Å². The predicted molar refractivity (Wildman–Crippen MR) is 44.7 cm³/mol. The largest absolute Gasteiger partial charge is 0.548 e. The molecule has 0 heterocycles. The van der Waals surface area contributed by atoms with E-state index < -0.39 is 36.9 Å². The molecule has 3 N–H and O–H groups in total. The molecule has 0 bridgehead atoms. The first-order valence-corrected chi connectivity index (χ1v) is 4.19. The fraction of sp³-hybridized carbons (Fsp3) is 0.250. The molecular formula is C8H9N2O7-. The summed E-state index contributed by atoms with van der Waals surface area (Å²) in [6.07, 6.45) is 1.33. The number of hydrogen-bond donors (Lipinski definition) is 1. The first-order chi connectivity index (χ1) is 7.86. The molecule has 9 nitrogen and oxygen atoms in total. The number of carbonyl (C=O) groups excluding carboxylic acids is 4. The first kappa shape index (κ1) is 14.6. The van der Waals surface area contributed by atoms with Crippen LogP contribution in [0.25, 0.3) is 0 Å². The Morgan fingerprint density at radius 3 is 1.88 bits per heavy atom. The fourth-order valence-corrected chi connectivity index (χ4v) is 0.816. The van der Waals surface area contributed by atoms with Gasteiger partial charge in [0.25, 0.3) is 0 Å². The van der Waals surface area contributed by atoms with E-state index in [1.165, 1.54) is 0 Å². The van der Waals surface area contributed by atoms with Gasteiger partial charge in [0.15, 0.2) is 0 Å². The molecule has 0 spiro atoms. The summed E-state index contributed by atoms with van der Waals surface area (Å²) in [6.45, 7) is -1.87. The van der Waals surface area contributed by atoms with Crippen molar-refractivity contribution in [1.29, 1.82) is 0 Å². The van der Waals surface area contributed by atoms with Gasteiger partial charge in [-0.15, -0.1) is 0 Å². The lowest BCUT2D eigenvalue weighted by Crippen LogP contribution is -2.50. The van der Waals surface area contributed by atoms with Gasteiger partial charge in [-0.25, -0.2) is 4.79 Å². The zero-order chi connectivity index (χ0) is 13.4. The van der Waals surface area contributed by atoms with Crippen molar-refractivity contribution >= 4 is 23.8 Å². The molecular weight excluding hydrogens is 236 g/mol. The van der Waals surface area contributed by atoms with Crippen molar-refractivity contribution in [3.05, 3.63) is 12.2 Å². The molecule has 0 saturated heterocycles. The lowest BCUT2D eigenvalue weighted by Gasteiger charge is -2.21. The van der Waals surface area contributed by atoms with Crippen molar-refractivity contribution in [2.75, 3.05) is 13.1 Å². The van der Waals surface area contributed by atoms with Crippen molar-refractivity contribution in [3.8, 4) is 0 Å². The summed E-state index contributed by atoms with van der Waals surface area (Å²) in [5, 5.41) is 20.5. The van der Waals surface area contributed by atoms with E-state index in [2.05, 4.69) is 10.7 Å². The van der Waals surface area contributed by atoms with Crippen molar-refractivity contribution in [2.45, 2.75) is 0 Å². The van der Waals surface area contributed by atoms with E-state index >= 15 is 0 Å². The molecule has 0 aromatic carbocycles. The van der Waals surface area contributed by atoms with Crippen molar-refractivity contribution in [2.24, 2.45) is 0 Å². The van der Waals surface area contributed by atoms with E-state index in [-0.39, 0.29) is 0 Å². The average Bonchev–Trinajstić information content (AvgIpc) is 2.23. The molecule has 0 saturated carbocycles. The highest BCUT2D eigenvalue weighted by atomic mass is 16.7. The average molecular weight is 245 g/mol. The third-order valence-corrected chi connectivity index (χ3v) is 1.46. The van der Waals surface area contributed by atoms with Crippen molar-refractivity contribution < 1.29 is 40.1 Å². The van der Waals surface area contributed by atoms with Crippen molar-refractivity contribution in [3.63, 3.8) is 0 Å². The topological polar surface area (TPSA) is 155 Å². The zero-order valence-corrected chi connectivity index (χ0v) is 8.58. The van der Waals surface area contributed by atoms with E-state index in [1.54, 1.807) is 0 Å². The van der Waals surface area contributed by atoms with Gasteiger partial charge in [-0.2, -0.15) is 5.90 Å². The van der Waals surface area contributed by atoms with Crippen LogP contribution in [-0.4, -0.2) is 41.8 Å². The Morgan fingerprint density at radius 1 is 1.06 bits per heavy atom. The van der Waals surface area contributed by atoms with Crippen molar-refractivity contribution in [1.82, 2.24) is 4.90 Å². The van der Waals surface area contributed by atoms with Gasteiger partial charge in [-0.3, -0.25) is 9.63 Å². The minimum Gasteiger partial charge on any atom is -0.548 e. The molecule has 0 rings (SSSR count). The van der Waals surface area contributed by atoms with E-state index in [0.29, 0.717) is 17.1 Å². The van der Waals surface area contributed by atoms with Crippen LogP contribution in [0.2, 0.25) is 0 Å². The monoisotopic (exact) mass is 245 g/mol. The van der Waals surface area contributed by atoms with Gasteiger partial charge >= 0.3 is 5.97 Å². The van der Waals surface area contributed by atoms with Crippen LogP contribution in [0.5, 0.6) is 0 Å². The molecule has 17 heavy (non-hydrogen) atoms. The Labute approximate surface area is 95.0 Å². The summed E-state index contributed by atoms with van der Waals surface area (Å²) in [7, 11) is 0. The standard InChI is InChI=1S/C8H10N2O7/c9-17-8(16)2-1-5(11)10(3-6(12)13)4-7(14)15/h1-2H,3-4H2,9H3,(H-,12,13,14,15)/p-1/b2-1+. The highest BCUT2D eigenvalue weighted by Gasteiger charge is 2.11. The number of hydrogen-bond acceptors (Lipinski definition) is 7. The van der Waals surface area contributed by atoms with Gasteiger partial charge < -0.3 is 24.7 Å². The number of carbonyl (C=O) groups is 4. The first-order valence-electron chi connectivity index (χ1n) is 4.19. The Hall–Kier alpha value is -2.42. The molecule has 0 unspecified atom stereocenters. The predicted octanol–water partition coefficient (Wildman–Crippen LogP) is -5.43. The third kappa shape index (κ3) is 6.62. The van der Waals surface area contributed by atoms with Crippen LogP contribution in [0.3, 0.4) is 0 Å². The Kier molecular flexibility index (Phi) is 5.96. The number of nitrogens with zero attached hydrogens (tertiary/aromatic N) is 1. The lowest BCUT2D eigenvalue weighted by molar-refractivity contribution is -0.655. The molecule has 0 atom stereocenters. The number of amides is 1. The zero-order valence-electron chi connectivity index (χ0n) is 8.58. The summed E-state index contributed by atoms with van der Waals surface area (Å²) in [5.74, 6) is -2.47. The second-order valence-electron chi connectivity index (χ2n) is 2.74. The van der Waals surface area contributed by atoms with Gasteiger partial charge in [0, 0.05) is 12.2 Å². The van der Waals surface area contributed by atoms with Gasteiger partial charge in [0.05, 0.1) is 25.0 Å². The Bertz CT molecular complexity index is 347. The SMILES string of the molecule is [NH3+]OC(=O)/C=C/C(=O)N(CC(=O)[O-])CC(=O)[O-]. The van der Waals surface area contributed by atoms with Crippen LogP contribution in [0.15, 0.2) is 12.2 Å². The molecule has 0 aliphatic heterocycles. The van der Waals surface area contributed by atoms with Gasteiger partial charge in [0.1, 0.15) is 0 Å². The van der Waals surface area contributed by atoms with E-state index in [0.717, 1.165) is 0 Å². The molecule has 0 aliphatic rings. The summed E-state index contributed by atoms with van der Waals surface area (Å²) in [4.78, 5) is 46.7. The normalized spacial score (nSPS) is 9.94. The van der Waals surface area contributed by atoms with E-state index in [4.69, 9.17) is 0 Å². The minimum atomic E-state index is -1.65. The molecule has 0 fully saturated rings. The van der Waals surface area contributed by atoms with Crippen LogP contribution in [0, 0.1) is 0 Å². The summed E-state index contributed by atoms with van der Waals surface area (Å²) in [6, 6.07) is 0. The van der Waals surface area contributed by atoms with Crippen LogP contribution < -0.4 is 16.1 Å². The molecule has 0 aromatic heterocycles. The third-order valence-electron chi connectivity index (χ3n) is 1.46. The maximum atomic E-state index is 11.3. The summed E-state index contributed by atoms with van der Waals surface area (Å²) in [5.41, 5.74) is 0. The van der Waals surface area contributed by atoms with Gasteiger partial charge in [-0.1, -0.05) is 0 Å². The summed E-state index contributed by atoms with van der Waals surface area (Å²) < 4.78 is 0. The number of aliphatic carboxylic acids is 2. The number of rotatable bonds is 6. The molecule has 1 amide bonds.